The Kier molecular flexibility index (Phi) is 4.03. The van der Waals surface area contributed by atoms with E-state index in [1.165, 1.54) is 0 Å². The molecule has 66 valence electrons. The van der Waals surface area contributed by atoms with Crippen LogP contribution in [0, 0.1) is 0 Å². The van der Waals surface area contributed by atoms with Crippen molar-refractivity contribution in [2.24, 2.45) is 0 Å². The number of halogens is 3. The van der Waals surface area contributed by atoms with E-state index in [0.717, 1.165) is 0 Å². The van der Waals surface area contributed by atoms with Crippen molar-refractivity contribution in [2.45, 2.75) is 24.5 Å². The van der Waals surface area contributed by atoms with Gasteiger partial charge in [0.1, 0.15) is 0 Å². The van der Waals surface area contributed by atoms with Crippen LogP contribution in [-0.2, 0) is 4.79 Å². The SMILES string of the molecule is C[C](C)(CC(=O)O)[Ge]([Cl])([Cl])[Cl]. The normalized spacial score (nSPS) is 13.2. The van der Waals surface area contributed by atoms with E-state index < -0.39 is 20.7 Å². The van der Waals surface area contributed by atoms with E-state index in [0.29, 0.717) is 0 Å². The van der Waals surface area contributed by atoms with Crippen molar-refractivity contribution in [1.82, 2.24) is 0 Å². The van der Waals surface area contributed by atoms with Gasteiger partial charge in [-0.05, 0) is 0 Å². The molecular formula is C5H9Cl3GeO2. The summed E-state index contributed by atoms with van der Waals surface area (Å²) in [5, 5.41) is 8.47. The van der Waals surface area contributed by atoms with E-state index in [1.807, 2.05) is 0 Å². The van der Waals surface area contributed by atoms with E-state index in [2.05, 4.69) is 0 Å². The number of aliphatic carboxylic acids is 1. The molecule has 0 aromatic carbocycles. The Morgan fingerprint density at radius 3 is 1.91 bits per heavy atom. The summed E-state index contributed by atoms with van der Waals surface area (Å²) in [5.41, 5.74) is 0. The van der Waals surface area contributed by atoms with Gasteiger partial charge < -0.3 is 0 Å². The Bertz CT molecular complexity index is 164. The monoisotopic (exact) mass is 280 g/mol. The summed E-state index contributed by atoms with van der Waals surface area (Å²) in [4.78, 5) is 10.3. The van der Waals surface area contributed by atoms with Crippen molar-refractivity contribution in [3.05, 3.63) is 0 Å². The van der Waals surface area contributed by atoms with Gasteiger partial charge in [0.05, 0.1) is 0 Å². The van der Waals surface area contributed by atoms with Crippen molar-refractivity contribution in [3.63, 3.8) is 0 Å². The van der Waals surface area contributed by atoms with Crippen LogP contribution >= 0.6 is 30.0 Å². The Balaban J connectivity index is 4.34. The summed E-state index contributed by atoms with van der Waals surface area (Å²) >= 11 is 0. The maximum atomic E-state index is 10.3. The van der Waals surface area contributed by atoms with Crippen LogP contribution in [-0.4, -0.2) is 21.6 Å². The van der Waals surface area contributed by atoms with Crippen LogP contribution in [0.5, 0.6) is 0 Å². The Morgan fingerprint density at radius 1 is 1.45 bits per heavy atom. The van der Waals surface area contributed by atoms with Crippen molar-refractivity contribution in [3.8, 4) is 0 Å². The Labute approximate surface area is 80.7 Å². The quantitative estimate of drug-likeness (QED) is 0.807. The van der Waals surface area contributed by atoms with Crippen LogP contribution < -0.4 is 0 Å². The molecule has 0 atom stereocenters. The summed E-state index contributed by atoms with van der Waals surface area (Å²) in [7, 11) is 13.8. The van der Waals surface area contributed by atoms with Crippen LogP contribution in [0.4, 0.5) is 0 Å². The molecule has 0 aliphatic heterocycles. The van der Waals surface area contributed by atoms with Gasteiger partial charge in [0.15, 0.2) is 0 Å². The number of hydrogen-bond acceptors (Lipinski definition) is 1. The van der Waals surface area contributed by atoms with Gasteiger partial charge in [-0.15, -0.1) is 0 Å². The summed E-state index contributed by atoms with van der Waals surface area (Å²) < 4.78 is -0.656. The molecule has 0 radical (unpaired) electrons. The molecule has 0 unspecified atom stereocenters. The van der Waals surface area contributed by atoms with Crippen LogP contribution in [0.3, 0.4) is 0 Å². The van der Waals surface area contributed by atoms with Gasteiger partial charge in [0.25, 0.3) is 0 Å². The predicted octanol–water partition coefficient (Wildman–Crippen LogP) is 2.90. The number of hydrogen-bond donors (Lipinski definition) is 1. The van der Waals surface area contributed by atoms with Crippen LogP contribution in [0.25, 0.3) is 0 Å². The van der Waals surface area contributed by atoms with E-state index in [-0.39, 0.29) is 6.42 Å². The summed E-state index contributed by atoms with van der Waals surface area (Å²) in [6, 6.07) is 0. The Hall–Kier alpha value is 0.883. The Morgan fingerprint density at radius 2 is 1.82 bits per heavy atom. The fourth-order valence-electron chi connectivity index (χ4n) is 0.478. The second-order valence-electron chi connectivity index (χ2n) is 2.95. The predicted molar refractivity (Wildman–Crippen MR) is 49.6 cm³/mol. The van der Waals surface area contributed by atoms with Crippen LogP contribution in [0.1, 0.15) is 20.3 Å². The zero-order chi connectivity index (χ0) is 9.28. The molecule has 0 heterocycles. The molecule has 0 aromatic heterocycles. The second-order valence-corrected chi connectivity index (χ2v) is 19.7. The molecule has 0 bridgehead atoms. The zero-order valence-corrected chi connectivity index (χ0v) is 10.6. The van der Waals surface area contributed by atoms with Gasteiger partial charge in [-0.1, -0.05) is 0 Å². The molecule has 0 aliphatic carbocycles. The third kappa shape index (κ3) is 3.88. The molecule has 2 nitrogen and oxygen atoms in total. The van der Waals surface area contributed by atoms with Gasteiger partial charge in [0.2, 0.25) is 0 Å². The first-order valence-corrected chi connectivity index (χ1v) is 12.3. The molecule has 1 N–H and O–H groups in total. The molecule has 0 aliphatic rings. The maximum absolute atomic E-state index is 10.3. The van der Waals surface area contributed by atoms with Gasteiger partial charge in [0, 0.05) is 0 Å². The molecular weight excluding hydrogens is 271 g/mol. The number of rotatable bonds is 3. The average Bonchev–Trinajstić information content (AvgIpc) is 1.56. The van der Waals surface area contributed by atoms with Gasteiger partial charge in [-0.3, -0.25) is 0 Å². The molecule has 0 spiro atoms. The molecule has 0 fully saturated rings. The van der Waals surface area contributed by atoms with E-state index in [4.69, 9.17) is 35.1 Å². The van der Waals surface area contributed by atoms with Crippen molar-refractivity contribution < 1.29 is 9.90 Å². The molecule has 0 amide bonds. The van der Waals surface area contributed by atoms with Gasteiger partial charge in [-0.2, -0.15) is 0 Å². The van der Waals surface area contributed by atoms with Crippen molar-refractivity contribution >= 4 is 46.5 Å². The molecule has 0 aromatic rings. The minimum atomic E-state index is -3.39. The fourth-order valence-corrected chi connectivity index (χ4v) is 2.26. The molecule has 0 rings (SSSR count). The topological polar surface area (TPSA) is 37.3 Å². The van der Waals surface area contributed by atoms with Crippen LogP contribution in [0.15, 0.2) is 0 Å². The molecule has 0 saturated carbocycles. The van der Waals surface area contributed by atoms with Gasteiger partial charge in [-0.25, -0.2) is 0 Å². The number of carbonyl (C=O) groups is 1. The molecule has 6 heteroatoms. The van der Waals surface area contributed by atoms with Gasteiger partial charge >= 0.3 is 80.9 Å². The second kappa shape index (κ2) is 3.73. The van der Waals surface area contributed by atoms with E-state index in [1.54, 1.807) is 13.8 Å². The van der Waals surface area contributed by atoms with Crippen LogP contribution in [0.2, 0.25) is 4.25 Å². The first-order chi connectivity index (χ1) is 4.67. The third-order valence-corrected chi connectivity index (χ3v) is 12.9. The van der Waals surface area contributed by atoms with Crippen molar-refractivity contribution in [1.29, 1.82) is 0 Å². The summed E-state index contributed by atoms with van der Waals surface area (Å²) in [6.45, 7) is 3.35. The average molecular weight is 280 g/mol. The first-order valence-electron chi connectivity index (χ1n) is 2.95. The third-order valence-electron chi connectivity index (χ3n) is 1.36. The van der Waals surface area contributed by atoms with Crippen molar-refractivity contribution in [2.75, 3.05) is 0 Å². The zero-order valence-electron chi connectivity index (χ0n) is 6.20. The molecule has 11 heavy (non-hydrogen) atoms. The minimum absolute atomic E-state index is 0.0799. The number of carboxylic acid groups (broad SMARTS) is 1. The standard InChI is InChI=1S/C5H9Cl3GeO2/c1-5(2,3-4(10)11)9(6,7)8/h3H2,1-2H3,(H,10,11). The van der Waals surface area contributed by atoms with E-state index >= 15 is 0 Å². The fraction of sp³-hybridized carbons (Fsp3) is 0.800. The first kappa shape index (κ1) is 11.9. The summed E-state index contributed by atoms with van der Waals surface area (Å²) in [6.07, 6.45) is -0.0799. The number of carboxylic acids is 1. The summed E-state index contributed by atoms with van der Waals surface area (Å²) in [5.74, 6) is -0.924. The van der Waals surface area contributed by atoms with E-state index in [9.17, 15) is 4.79 Å². The molecule has 0 saturated heterocycles.